The van der Waals surface area contributed by atoms with Crippen LogP contribution in [-0.2, 0) is 0 Å². The van der Waals surface area contributed by atoms with Crippen molar-refractivity contribution in [2.45, 2.75) is 38.6 Å². The molecular formula is C29H29N2O+. The normalized spacial score (nSPS) is 12.8. The molecule has 3 nitrogen and oxygen atoms in total. The van der Waals surface area contributed by atoms with Crippen molar-refractivity contribution in [3.05, 3.63) is 120 Å². The van der Waals surface area contributed by atoms with Gasteiger partial charge in [-0.3, -0.25) is 9.78 Å². The Labute approximate surface area is 190 Å². The van der Waals surface area contributed by atoms with Crippen LogP contribution in [-0.4, -0.2) is 10.8 Å². The fourth-order valence-corrected chi connectivity index (χ4v) is 4.20. The van der Waals surface area contributed by atoms with Crippen LogP contribution in [0.25, 0.3) is 11.1 Å². The van der Waals surface area contributed by atoms with Gasteiger partial charge in [0, 0.05) is 42.1 Å². The Bertz CT molecular complexity index is 1140. The molecule has 0 bridgehead atoms. The monoisotopic (exact) mass is 421 g/mol. The largest absolute Gasteiger partial charge is 0.289 e. The van der Waals surface area contributed by atoms with E-state index in [4.69, 9.17) is 0 Å². The number of ketones is 1. The predicted molar refractivity (Wildman–Crippen MR) is 129 cm³/mol. The second-order valence-corrected chi connectivity index (χ2v) is 8.28. The van der Waals surface area contributed by atoms with E-state index in [1.165, 1.54) is 16.7 Å². The minimum absolute atomic E-state index is 0.0726. The Balaban J connectivity index is 1.44. The van der Waals surface area contributed by atoms with E-state index in [-0.39, 0.29) is 5.78 Å². The second-order valence-electron chi connectivity index (χ2n) is 8.28. The summed E-state index contributed by atoms with van der Waals surface area (Å²) in [4.78, 5) is 16.8. The van der Waals surface area contributed by atoms with E-state index >= 15 is 0 Å². The van der Waals surface area contributed by atoms with Crippen LogP contribution in [0.1, 0.15) is 60.1 Å². The highest BCUT2D eigenvalue weighted by molar-refractivity contribution is 6.08. The van der Waals surface area contributed by atoms with Gasteiger partial charge in [0.25, 0.3) is 0 Å². The standard InChI is InChI=1S/C29H29N2O/c1-3-23(24-9-11-28(12-10-24)29(32)27-7-5-4-6-8-27)21-22(2)31-19-15-26(16-20-31)25-13-17-30-18-14-25/h4-20,22-23H,3,21H2,1-2H3/q+1. The Morgan fingerprint density at radius 2 is 1.41 bits per heavy atom. The molecule has 0 radical (unpaired) electrons. The van der Waals surface area contributed by atoms with Crippen molar-refractivity contribution in [2.75, 3.05) is 0 Å². The highest BCUT2D eigenvalue weighted by Gasteiger charge is 2.20. The zero-order valence-electron chi connectivity index (χ0n) is 18.7. The smallest absolute Gasteiger partial charge is 0.193 e. The van der Waals surface area contributed by atoms with Crippen LogP contribution in [0, 0.1) is 0 Å². The molecule has 32 heavy (non-hydrogen) atoms. The molecule has 3 heteroatoms. The van der Waals surface area contributed by atoms with Gasteiger partial charge in [0.15, 0.2) is 24.2 Å². The van der Waals surface area contributed by atoms with Gasteiger partial charge in [0.05, 0.1) is 0 Å². The zero-order chi connectivity index (χ0) is 22.3. The zero-order valence-corrected chi connectivity index (χ0v) is 18.7. The molecule has 0 aliphatic heterocycles. The molecule has 2 aromatic heterocycles. The first-order valence-electron chi connectivity index (χ1n) is 11.3. The Morgan fingerprint density at radius 1 is 0.812 bits per heavy atom. The first kappa shape index (κ1) is 21.6. The average Bonchev–Trinajstić information content (AvgIpc) is 2.88. The molecule has 0 aliphatic carbocycles. The van der Waals surface area contributed by atoms with Gasteiger partial charge in [-0.05, 0) is 48.1 Å². The van der Waals surface area contributed by atoms with Gasteiger partial charge in [-0.2, -0.15) is 0 Å². The van der Waals surface area contributed by atoms with Crippen molar-refractivity contribution in [1.29, 1.82) is 0 Å². The molecule has 0 aliphatic rings. The SMILES string of the molecule is CCC(CC(C)[n+]1ccc(-c2ccncc2)cc1)c1ccc(C(=O)c2ccccc2)cc1. The van der Waals surface area contributed by atoms with Gasteiger partial charge in [0.2, 0.25) is 0 Å². The molecule has 2 atom stereocenters. The van der Waals surface area contributed by atoms with Crippen molar-refractivity contribution >= 4 is 5.78 Å². The lowest BCUT2D eigenvalue weighted by molar-refractivity contribution is -0.720. The van der Waals surface area contributed by atoms with Gasteiger partial charge in [-0.15, -0.1) is 0 Å². The molecule has 160 valence electrons. The Kier molecular flexibility index (Phi) is 6.86. The number of pyridine rings is 2. The maximum absolute atomic E-state index is 12.7. The first-order chi connectivity index (χ1) is 15.7. The number of benzene rings is 2. The molecule has 0 saturated carbocycles. The summed E-state index contributed by atoms with van der Waals surface area (Å²) < 4.78 is 2.28. The third-order valence-electron chi connectivity index (χ3n) is 6.17. The molecule has 0 N–H and O–H groups in total. The lowest BCUT2D eigenvalue weighted by Crippen LogP contribution is -2.37. The molecule has 2 heterocycles. The molecule has 0 spiro atoms. The summed E-state index contributed by atoms with van der Waals surface area (Å²) in [6, 6.07) is 26.4. The number of rotatable bonds is 8. The lowest BCUT2D eigenvalue weighted by Gasteiger charge is -2.18. The predicted octanol–water partition coefficient (Wildman–Crippen LogP) is 6.41. The van der Waals surface area contributed by atoms with E-state index in [1.54, 1.807) is 0 Å². The van der Waals surface area contributed by atoms with Crippen LogP contribution in [0.2, 0.25) is 0 Å². The highest BCUT2D eigenvalue weighted by Crippen LogP contribution is 2.28. The molecular weight excluding hydrogens is 392 g/mol. The summed E-state index contributed by atoms with van der Waals surface area (Å²) in [7, 11) is 0. The summed E-state index contributed by atoms with van der Waals surface area (Å²) in [6.07, 6.45) is 10.1. The third kappa shape index (κ3) is 5.00. The fraction of sp³-hybridized carbons (Fsp3) is 0.207. The van der Waals surface area contributed by atoms with Crippen molar-refractivity contribution in [2.24, 2.45) is 0 Å². The topological polar surface area (TPSA) is 33.8 Å². The van der Waals surface area contributed by atoms with Crippen LogP contribution in [0.3, 0.4) is 0 Å². The molecule has 4 aromatic rings. The summed E-state index contributed by atoms with van der Waals surface area (Å²) >= 11 is 0. The average molecular weight is 422 g/mol. The molecule has 4 rings (SSSR count). The van der Waals surface area contributed by atoms with E-state index in [2.05, 4.69) is 60.1 Å². The van der Waals surface area contributed by atoms with Crippen molar-refractivity contribution in [1.82, 2.24) is 4.98 Å². The van der Waals surface area contributed by atoms with Crippen molar-refractivity contribution < 1.29 is 9.36 Å². The highest BCUT2D eigenvalue weighted by atomic mass is 16.1. The Hall–Kier alpha value is -3.59. The van der Waals surface area contributed by atoms with E-state index in [9.17, 15) is 4.79 Å². The number of nitrogens with zero attached hydrogens (tertiary/aromatic N) is 2. The van der Waals surface area contributed by atoms with E-state index in [0.717, 1.165) is 24.0 Å². The maximum atomic E-state index is 12.7. The van der Waals surface area contributed by atoms with E-state index < -0.39 is 0 Å². The van der Waals surface area contributed by atoms with Gasteiger partial charge in [0.1, 0.15) is 0 Å². The molecule has 0 fully saturated rings. The summed E-state index contributed by atoms with van der Waals surface area (Å²) in [6.45, 7) is 4.50. The summed E-state index contributed by atoms with van der Waals surface area (Å²) in [5.74, 6) is 0.515. The Morgan fingerprint density at radius 3 is 2.03 bits per heavy atom. The van der Waals surface area contributed by atoms with E-state index in [0.29, 0.717) is 12.0 Å². The van der Waals surface area contributed by atoms with Crippen LogP contribution in [0.5, 0.6) is 0 Å². The van der Waals surface area contributed by atoms with Crippen LogP contribution >= 0.6 is 0 Å². The quantitative estimate of drug-likeness (QED) is 0.243. The number of aromatic nitrogens is 2. The maximum Gasteiger partial charge on any atom is 0.193 e. The van der Waals surface area contributed by atoms with Gasteiger partial charge < -0.3 is 0 Å². The van der Waals surface area contributed by atoms with Crippen molar-refractivity contribution in [3.8, 4) is 11.1 Å². The van der Waals surface area contributed by atoms with Crippen molar-refractivity contribution in [3.63, 3.8) is 0 Å². The third-order valence-corrected chi connectivity index (χ3v) is 6.17. The molecule has 0 amide bonds. The fourth-order valence-electron chi connectivity index (χ4n) is 4.20. The van der Waals surface area contributed by atoms with E-state index in [1.807, 2.05) is 67.0 Å². The van der Waals surface area contributed by atoms with Gasteiger partial charge in [-0.1, -0.05) is 61.5 Å². The van der Waals surface area contributed by atoms with Gasteiger partial charge >= 0.3 is 0 Å². The number of carbonyl (C=O) groups excluding carboxylic acids is 1. The van der Waals surface area contributed by atoms with Crippen LogP contribution in [0.4, 0.5) is 0 Å². The van der Waals surface area contributed by atoms with Gasteiger partial charge in [-0.25, -0.2) is 4.57 Å². The summed E-state index contributed by atoms with van der Waals surface area (Å²) in [5.41, 5.74) is 5.13. The molecule has 2 aromatic carbocycles. The molecule has 0 saturated heterocycles. The minimum atomic E-state index is 0.0726. The minimum Gasteiger partial charge on any atom is -0.289 e. The van der Waals surface area contributed by atoms with Crippen LogP contribution < -0.4 is 4.57 Å². The second kappa shape index (κ2) is 10.1. The first-order valence-corrected chi connectivity index (χ1v) is 11.3. The lowest BCUT2D eigenvalue weighted by atomic mass is 9.89. The van der Waals surface area contributed by atoms with Crippen LogP contribution in [0.15, 0.2) is 104 Å². The number of hydrogen-bond acceptors (Lipinski definition) is 2. The number of carbonyl (C=O) groups is 1. The molecule has 2 unspecified atom stereocenters. The number of hydrogen-bond donors (Lipinski definition) is 0. The summed E-state index contributed by atoms with van der Waals surface area (Å²) in [5, 5.41) is 0.